The summed E-state index contributed by atoms with van der Waals surface area (Å²) in [7, 11) is -3.36. The first-order valence-corrected chi connectivity index (χ1v) is 9.74. The lowest BCUT2D eigenvalue weighted by atomic mass is 9.64. The molecular formula is C18H18FNO4S. The van der Waals surface area contributed by atoms with Crippen LogP contribution in [-0.4, -0.2) is 20.6 Å². The van der Waals surface area contributed by atoms with Crippen LogP contribution in [0.4, 0.5) is 10.1 Å². The number of benzene rings is 2. The molecule has 1 fully saturated rings. The molecule has 2 aromatic rings. The van der Waals surface area contributed by atoms with Crippen molar-refractivity contribution in [2.45, 2.75) is 24.7 Å². The molecule has 2 aromatic carbocycles. The van der Waals surface area contributed by atoms with Crippen molar-refractivity contribution in [3.63, 3.8) is 0 Å². The van der Waals surface area contributed by atoms with Crippen molar-refractivity contribution in [1.29, 1.82) is 0 Å². The average molecular weight is 363 g/mol. The SMILES string of the molecule is CS(=O)(=O)Nc1ccc(OC(=O)C2(c3ccc(F)cc3)CCC2)cc1. The third-order valence-corrected chi connectivity index (χ3v) is 4.97. The van der Waals surface area contributed by atoms with Crippen molar-refractivity contribution in [2.24, 2.45) is 0 Å². The van der Waals surface area contributed by atoms with Gasteiger partial charge in [-0.3, -0.25) is 9.52 Å². The summed E-state index contributed by atoms with van der Waals surface area (Å²) in [4.78, 5) is 12.7. The van der Waals surface area contributed by atoms with E-state index in [9.17, 15) is 17.6 Å². The first-order valence-electron chi connectivity index (χ1n) is 7.85. The Morgan fingerprint density at radius 1 is 1.08 bits per heavy atom. The number of hydrogen-bond acceptors (Lipinski definition) is 4. The summed E-state index contributed by atoms with van der Waals surface area (Å²) in [5, 5.41) is 0. The zero-order valence-electron chi connectivity index (χ0n) is 13.7. The summed E-state index contributed by atoms with van der Waals surface area (Å²) in [6.45, 7) is 0. The Morgan fingerprint density at radius 2 is 1.68 bits per heavy atom. The summed E-state index contributed by atoms with van der Waals surface area (Å²) in [5.74, 6) is -0.396. The number of nitrogens with one attached hydrogen (secondary N) is 1. The van der Waals surface area contributed by atoms with Crippen molar-refractivity contribution >= 4 is 21.7 Å². The van der Waals surface area contributed by atoms with Crippen LogP contribution < -0.4 is 9.46 Å². The second kappa shape index (κ2) is 6.48. The van der Waals surface area contributed by atoms with Gasteiger partial charge in [0.15, 0.2) is 0 Å². The summed E-state index contributed by atoms with van der Waals surface area (Å²) < 4.78 is 43.4. The molecule has 1 aliphatic carbocycles. The Hall–Kier alpha value is -2.41. The van der Waals surface area contributed by atoms with E-state index in [2.05, 4.69) is 4.72 Å². The third kappa shape index (κ3) is 3.82. The van der Waals surface area contributed by atoms with Crippen LogP contribution in [0.15, 0.2) is 48.5 Å². The molecule has 132 valence electrons. The molecule has 7 heteroatoms. The molecule has 5 nitrogen and oxygen atoms in total. The highest BCUT2D eigenvalue weighted by molar-refractivity contribution is 7.92. The van der Waals surface area contributed by atoms with E-state index in [0.29, 0.717) is 24.3 Å². The molecule has 0 atom stereocenters. The lowest BCUT2D eigenvalue weighted by Crippen LogP contribution is -2.45. The van der Waals surface area contributed by atoms with Crippen molar-refractivity contribution < 1.29 is 22.3 Å². The van der Waals surface area contributed by atoms with Gasteiger partial charge in [0.05, 0.1) is 11.7 Å². The van der Waals surface area contributed by atoms with Crippen LogP contribution in [0.25, 0.3) is 0 Å². The molecule has 0 aromatic heterocycles. The quantitative estimate of drug-likeness (QED) is 0.654. The minimum atomic E-state index is -3.36. The van der Waals surface area contributed by atoms with Crippen LogP contribution >= 0.6 is 0 Å². The summed E-state index contributed by atoms with van der Waals surface area (Å²) in [5.41, 5.74) is 0.400. The number of sulfonamides is 1. The average Bonchev–Trinajstić information content (AvgIpc) is 2.48. The standard InChI is InChI=1S/C18H18FNO4S/c1-25(22,23)20-15-7-9-16(10-8-15)24-17(21)18(11-2-12-18)13-3-5-14(19)6-4-13/h3-10,20H,2,11-12H2,1H3. The number of hydrogen-bond donors (Lipinski definition) is 1. The molecule has 0 unspecified atom stereocenters. The van der Waals surface area contributed by atoms with Crippen LogP contribution in [0.2, 0.25) is 0 Å². The Bertz CT molecular complexity index is 872. The van der Waals surface area contributed by atoms with E-state index in [1.807, 2.05) is 0 Å². The van der Waals surface area contributed by atoms with Crippen LogP contribution in [-0.2, 0) is 20.2 Å². The molecule has 3 rings (SSSR count). The first-order chi connectivity index (χ1) is 11.8. The van der Waals surface area contributed by atoms with E-state index in [-0.39, 0.29) is 11.8 Å². The highest BCUT2D eigenvalue weighted by Crippen LogP contribution is 2.45. The van der Waals surface area contributed by atoms with E-state index in [1.54, 1.807) is 12.1 Å². The van der Waals surface area contributed by atoms with Crippen molar-refractivity contribution in [3.05, 3.63) is 59.9 Å². The van der Waals surface area contributed by atoms with Gasteiger partial charge in [0.25, 0.3) is 0 Å². The van der Waals surface area contributed by atoms with Gasteiger partial charge in [-0.1, -0.05) is 18.6 Å². The fraction of sp³-hybridized carbons (Fsp3) is 0.278. The summed E-state index contributed by atoms with van der Waals surface area (Å²) >= 11 is 0. The van der Waals surface area contributed by atoms with Crippen molar-refractivity contribution in [2.75, 3.05) is 11.0 Å². The smallest absolute Gasteiger partial charge is 0.321 e. The number of ether oxygens (including phenoxy) is 1. The molecule has 1 aliphatic rings. The topological polar surface area (TPSA) is 72.5 Å². The molecular weight excluding hydrogens is 345 g/mol. The highest BCUT2D eigenvalue weighted by atomic mass is 32.2. The number of esters is 1. The number of carbonyl (C=O) groups is 1. The molecule has 0 radical (unpaired) electrons. The first kappa shape index (κ1) is 17.4. The second-order valence-electron chi connectivity index (χ2n) is 6.23. The molecule has 0 saturated heterocycles. The fourth-order valence-electron chi connectivity index (χ4n) is 2.92. The van der Waals surface area contributed by atoms with Gasteiger partial charge in [-0.05, 0) is 54.8 Å². The minimum absolute atomic E-state index is 0.331. The summed E-state index contributed by atoms with van der Waals surface area (Å²) in [6.07, 6.45) is 3.28. The predicted molar refractivity (Wildman–Crippen MR) is 92.5 cm³/mol. The second-order valence-corrected chi connectivity index (χ2v) is 7.98. The van der Waals surface area contributed by atoms with Gasteiger partial charge in [0.2, 0.25) is 10.0 Å². The number of halogens is 1. The van der Waals surface area contributed by atoms with Crippen LogP contribution in [0.5, 0.6) is 5.75 Å². The normalized spacial score (nSPS) is 15.9. The van der Waals surface area contributed by atoms with Gasteiger partial charge in [-0.25, -0.2) is 12.8 Å². The molecule has 1 saturated carbocycles. The molecule has 1 N–H and O–H groups in total. The zero-order chi connectivity index (χ0) is 18.1. The van der Waals surface area contributed by atoms with Crippen LogP contribution in [0.3, 0.4) is 0 Å². The lowest BCUT2D eigenvalue weighted by Gasteiger charge is -2.39. The maximum absolute atomic E-state index is 13.1. The van der Waals surface area contributed by atoms with Gasteiger partial charge in [-0.2, -0.15) is 0 Å². The largest absolute Gasteiger partial charge is 0.426 e. The predicted octanol–water partition coefficient (Wildman–Crippen LogP) is 3.22. The van der Waals surface area contributed by atoms with E-state index in [4.69, 9.17) is 4.74 Å². The Kier molecular flexibility index (Phi) is 4.51. The van der Waals surface area contributed by atoms with E-state index >= 15 is 0 Å². The van der Waals surface area contributed by atoms with Crippen molar-refractivity contribution in [1.82, 2.24) is 0 Å². The summed E-state index contributed by atoms with van der Waals surface area (Å²) in [6, 6.07) is 12.0. The van der Waals surface area contributed by atoms with Gasteiger partial charge in [-0.15, -0.1) is 0 Å². The van der Waals surface area contributed by atoms with Gasteiger partial charge in [0.1, 0.15) is 11.6 Å². The third-order valence-electron chi connectivity index (χ3n) is 4.36. The molecule has 25 heavy (non-hydrogen) atoms. The Labute approximate surface area is 145 Å². The maximum atomic E-state index is 13.1. The molecule has 0 spiro atoms. The Balaban J connectivity index is 1.75. The van der Waals surface area contributed by atoms with E-state index in [1.165, 1.54) is 36.4 Å². The molecule has 0 bridgehead atoms. The van der Waals surface area contributed by atoms with Crippen molar-refractivity contribution in [3.8, 4) is 5.75 Å². The molecule has 0 heterocycles. The van der Waals surface area contributed by atoms with E-state index in [0.717, 1.165) is 18.2 Å². The van der Waals surface area contributed by atoms with E-state index < -0.39 is 15.4 Å². The van der Waals surface area contributed by atoms with Crippen LogP contribution in [0, 0.1) is 5.82 Å². The van der Waals surface area contributed by atoms with Gasteiger partial charge >= 0.3 is 5.97 Å². The van der Waals surface area contributed by atoms with Crippen LogP contribution in [0.1, 0.15) is 24.8 Å². The number of carbonyl (C=O) groups excluding carboxylic acids is 1. The molecule has 0 aliphatic heterocycles. The Morgan fingerprint density at radius 3 is 2.16 bits per heavy atom. The maximum Gasteiger partial charge on any atom is 0.321 e. The lowest BCUT2D eigenvalue weighted by molar-refractivity contribution is -0.144. The monoisotopic (exact) mass is 363 g/mol. The number of rotatable bonds is 5. The fourth-order valence-corrected chi connectivity index (χ4v) is 3.48. The zero-order valence-corrected chi connectivity index (χ0v) is 14.5. The van der Waals surface area contributed by atoms with Gasteiger partial charge in [0, 0.05) is 5.69 Å². The van der Waals surface area contributed by atoms with Gasteiger partial charge < -0.3 is 4.74 Å². The minimum Gasteiger partial charge on any atom is -0.426 e. The molecule has 0 amide bonds. The number of anilines is 1. The highest BCUT2D eigenvalue weighted by Gasteiger charge is 2.47.